The summed E-state index contributed by atoms with van der Waals surface area (Å²) < 4.78 is 5.23. The molecule has 1 amide bonds. The van der Waals surface area contributed by atoms with Crippen molar-refractivity contribution in [3.05, 3.63) is 42.7 Å². The van der Waals surface area contributed by atoms with E-state index in [2.05, 4.69) is 20.6 Å². The van der Waals surface area contributed by atoms with Crippen LogP contribution >= 0.6 is 0 Å². The van der Waals surface area contributed by atoms with Gasteiger partial charge in [0.05, 0.1) is 30.1 Å². The molecule has 6 nitrogen and oxygen atoms in total. The third kappa shape index (κ3) is 3.38. The first-order chi connectivity index (χ1) is 11.2. The van der Waals surface area contributed by atoms with Crippen molar-refractivity contribution < 1.29 is 9.53 Å². The van der Waals surface area contributed by atoms with Gasteiger partial charge in [-0.1, -0.05) is 30.3 Å². The lowest BCUT2D eigenvalue weighted by Crippen LogP contribution is -2.41. The van der Waals surface area contributed by atoms with Gasteiger partial charge in [0.2, 0.25) is 5.91 Å². The number of aromatic nitrogens is 2. The van der Waals surface area contributed by atoms with Crippen molar-refractivity contribution in [2.45, 2.75) is 6.42 Å². The van der Waals surface area contributed by atoms with Crippen LogP contribution in [0.15, 0.2) is 42.7 Å². The van der Waals surface area contributed by atoms with Gasteiger partial charge in [-0.15, -0.1) is 0 Å². The molecule has 1 atom stereocenters. The number of benzene rings is 1. The third-order valence-corrected chi connectivity index (χ3v) is 4.09. The lowest BCUT2D eigenvalue weighted by atomic mass is 9.87. The summed E-state index contributed by atoms with van der Waals surface area (Å²) in [5.41, 5.74) is 1.02. The number of nitrogens with zero attached hydrogens (tertiary/aromatic N) is 2. The van der Waals surface area contributed by atoms with Crippen LogP contribution in [0.4, 0.5) is 5.69 Å². The van der Waals surface area contributed by atoms with Crippen molar-refractivity contribution in [1.82, 2.24) is 15.3 Å². The average molecular weight is 312 g/mol. The maximum atomic E-state index is 12.6. The second-order valence-corrected chi connectivity index (χ2v) is 5.76. The Kier molecular flexibility index (Phi) is 4.64. The van der Waals surface area contributed by atoms with E-state index >= 15 is 0 Å². The summed E-state index contributed by atoms with van der Waals surface area (Å²) in [6, 6.07) is 9.73. The molecule has 0 aliphatic carbocycles. The number of carbonyl (C=O) groups is 1. The molecule has 6 heteroatoms. The van der Waals surface area contributed by atoms with Crippen LogP contribution in [0.2, 0.25) is 0 Å². The predicted molar refractivity (Wildman–Crippen MR) is 87.9 cm³/mol. The summed E-state index contributed by atoms with van der Waals surface area (Å²) in [4.78, 5) is 21.2. The van der Waals surface area contributed by atoms with Crippen molar-refractivity contribution in [2.75, 3.05) is 32.1 Å². The van der Waals surface area contributed by atoms with Gasteiger partial charge in [-0.05, 0) is 13.0 Å². The number of anilines is 1. The van der Waals surface area contributed by atoms with Gasteiger partial charge in [0.25, 0.3) is 0 Å². The average Bonchev–Trinajstić information content (AvgIpc) is 3.07. The zero-order valence-electron chi connectivity index (χ0n) is 13.1. The van der Waals surface area contributed by atoms with E-state index in [1.54, 1.807) is 19.5 Å². The van der Waals surface area contributed by atoms with Crippen LogP contribution in [0.1, 0.15) is 6.42 Å². The minimum atomic E-state index is -0.521. The highest BCUT2D eigenvalue weighted by Crippen LogP contribution is 2.27. The Morgan fingerprint density at radius 1 is 1.30 bits per heavy atom. The van der Waals surface area contributed by atoms with Crippen molar-refractivity contribution in [1.29, 1.82) is 0 Å². The Balaban J connectivity index is 1.72. The first-order valence-electron chi connectivity index (χ1n) is 7.62. The number of nitrogens with one attached hydrogen (secondary N) is 2. The van der Waals surface area contributed by atoms with E-state index in [9.17, 15) is 4.79 Å². The van der Waals surface area contributed by atoms with Crippen LogP contribution in [0.3, 0.4) is 0 Å². The lowest BCUT2D eigenvalue weighted by Gasteiger charge is -2.25. The monoisotopic (exact) mass is 312 g/mol. The van der Waals surface area contributed by atoms with Gasteiger partial charge in [-0.2, -0.15) is 0 Å². The Hall–Kier alpha value is -2.31. The van der Waals surface area contributed by atoms with Crippen molar-refractivity contribution in [3.8, 4) is 11.4 Å². The third-order valence-electron chi connectivity index (χ3n) is 4.09. The molecule has 2 N–H and O–H groups in total. The lowest BCUT2D eigenvalue weighted by molar-refractivity contribution is -0.127. The molecule has 1 aromatic carbocycles. The Labute approximate surface area is 135 Å². The van der Waals surface area contributed by atoms with E-state index in [1.807, 2.05) is 30.3 Å². The Bertz CT molecular complexity index is 652. The Morgan fingerprint density at radius 2 is 2.04 bits per heavy atom. The van der Waals surface area contributed by atoms with Crippen LogP contribution < -0.4 is 10.6 Å². The number of ether oxygens (including phenoxy) is 1. The minimum absolute atomic E-state index is 0.0552. The number of methoxy groups -OCH3 is 1. The number of rotatable bonds is 5. The molecule has 1 fully saturated rings. The van der Waals surface area contributed by atoms with Crippen LogP contribution in [0.5, 0.6) is 0 Å². The van der Waals surface area contributed by atoms with E-state index in [0.29, 0.717) is 24.7 Å². The second-order valence-electron chi connectivity index (χ2n) is 5.76. The molecule has 23 heavy (non-hydrogen) atoms. The van der Waals surface area contributed by atoms with Gasteiger partial charge in [-0.25, -0.2) is 9.97 Å². The highest BCUT2D eigenvalue weighted by Gasteiger charge is 2.41. The molecule has 1 aliphatic heterocycles. The highest BCUT2D eigenvalue weighted by molar-refractivity contribution is 5.95. The predicted octanol–water partition coefficient (Wildman–Crippen LogP) is 1.71. The number of carbonyl (C=O) groups excluding carboxylic acids is 1. The molecule has 3 rings (SSSR count). The fourth-order valence-corrected chi connectivity index (χ4v) is 2.80. The van der Waals surface area contributed by atoms with E-state index in [0.717, 1.165) is 18.5 Å². The number of hydrogen-bond acceptors (Lipinski definition) is 5. The molecular formula is C17H20N4O2. The van der Waals surface area contributed by atoms with Crippen LogP contribution in [0.25, 0.3) is 11.4 Å². The fraction of sp³-hybridized carbons (Fsp3) is 0.353. The quantitative estimate of drug-likeness (QED) is 0.879. The standard InChI is InChI=1S/C17H20N4O2/c1-23-12-17(7-8-18-11-17)16(22)21-14-9-19-15(20-10-14)13-5-3-2-4-6-13/h2-6,9-10,18H,7-8,11-12H2,1H3,(H,21,22). The van der Waals surface area contributed by atoms with E-state index in [4.69, 9.17) is 4.74 Å². The highest BCUT2D eigenvalue weighted by atomic mass is 16.5. The first-order valence-corrected chi connectivity index (χ1v) is 7.62. The molecule has 2 aromatic rings. The van der Waals surface area contributed by atoms with Gasteiger partial charge in [0.15, 0.2) is 5.82 Å². The Morgan fingerprint density at radius 3 is 2.65 bits per heavy atom. The van der Waals surface area contributed by atoms with Crippen LogP contribution in [-0.2, 0) is 9.53 Å². The zero-order valence-corrected chi connectivity index (χ0v) is 13.1. The van der Waals surface area contributed by atoms with Crippen LogP contribution in [0, 0.1) is 5.41 Å². The molecule has 0 spiro atoms. The maximum Gasteiger partial charge on any atom is 0.234 e. The molecule has 1 aliphatic rings. The van der Waals surface area contributed by atoms with Crippen molar-refractivity contribution >= 4 is 11.6 Å². The summed E-state index contributed by atoms with van der Waals surface area (Å²) in [6.07, 6.45) is 4.03. The van der Waals surface area contributed by atoms with Gasteiger partial charge in [-0.3, -0.25) is 4.79 Å². The second kappa shape index (κ2) is 6.85. The maximum absolute atomic E-state index is 12.6. The topological polar surface area (TPSA) is 76.1 Å². The molecule has 1 aromatic heterocycles. The SMILES string of the molecule is COCC1(C(=O)Nc2cnc(-c3ccccc3)nc2)CCNC1. The summed E-state index contributed by atoms with van der Waals surface area (Å²) in [5.74, 6) is 0.582. The number of amides is 1. The van der Waals surface area contributed by atoms with Crippen molar-refractivity contribution in [3.63, 3.8) is 0 Å². The molecule has 0 bridgehead atoms. The summed E-state index contributed by atoms with van der Waals surface area (Å²) >= 11 is 0. The smallest absolute Gasteiger partial charge is 0.234 e. The van der Waals surface area contributed by atoms with E-state index in [1.165, 1.54) is 0 Å². The molecule has 2 heterocycles. The summed E-state index contributed by atoms with van der Waals surface area (Å²) in [5, 5.41) is 6.13. The molecule has 0 radical (unpaired) electrons. The normalized spacial score (nSPS) is 20.4. The van der Waals surface area contributed by atoms with Gasteiger partial charge >= 0.3 is 0 Å². The number of hydrogen-bond donors (Lipinski definition) is 2. The molecule has 1 saturated heterocycles. The van der Waals surface area contributed by atoms with Crippen LogP contribution in [-0.4, -0.2) is 42.7 Å². The summed E-state index contributed by atoms with van der Waals surface area (Å²) in [7, 11) is 1.62. The van der Waals surface area contributed by atoms with E-state index < -0.39 is 5.41 Å². The molecule has 0 saturated carbocycles. The molecule has 1 unspecified atom stereocenters. The zero-order chi connectivity index (χ0) is 16.1. The van der Waals surface area contributed by atoms with Gasteiger partial charge < -0.3 is 15.4 Å². The van der Waals surface area contributed by atoms with Gasteiger partial charge in [0.1, 0.15) is 0 Å². The van der Waals surface area contributed by atoms with Gasteiger partial charge in [0, 0.05) is 19.2 Å². The first kappa shape index (κ1) is 15.6. The van der Waals surface area contributed by atoms with Crippen molar-refractivity contribution in [2.24, 2.45) is 5.41 Å². The minimum Gasteiger partial charge on any atom is -0.384 e. The molecular weight excluding hydrogens is 292 g/mol. The van der Waals surface area contributed by atoms with E-state index in [-0.39, 0.29) is 5.91 Å². The largest absolute Gasteiger partial charge is 0.384 e. The fourth-order valence-electron chi connectivity index (χ4n) is 2.80. The molecule has 120 valence electrons. The summed E-state index contributed by atoms with van der Waals surface area (Å²) in [6.45, 7) is 1.84.